The van der Waals surface area contributed by atoms with Gasteiger partial charge in [-0.2, -0.15) is 0 Å². The topological polar surface area (TPSA) is 69.1 Å². The average Bonchev–Trinajstić information content (AvgIpc) is 2.73. The fraction of sp³-hybridized carbons (Fsp3) is 0.231. The quantitative estimate of drug-likeness (QED) is 0.812. The summed E-state index contributed by atoms with van der Waals surface area (Å²) < 4.78 is 5.27. The van der Waals surface area contributed by atoms with Crippen LogP contribution in [0.4, 0.5) is 0 Å². The van der Waals surface area contributed by atoms with Gasteiger partial charge in [-0.3, -0.25) is 4.79 Å². The van der Waals surface area contributed by atoms with Gasteiger partial charge in [0.15, 0.2) is 11.5 Å². The normalized spacial score (nSPS) is 17.4. The number of amides is 1. The van der Waals surface area contributed by atoms with Crippen LogP contribution in [0.1, 0.15) is 34.5 Å². The van der Waals surface area contributed by atoms with E-state index >= 15 is 0 Å². The maximum atomic E-state index is 11.3. The fourth-order valence-corrected chi connectivity index (χ4v) is 2.45. The molecule has 4 heteroatoms. The zero-order valence-corrected chi connectivity index (χ0v) is 9.43. The summed E-state index contributed by atoms with van der Waals surface area (Å²) in [7, 11) is 0. The number of fused-ring (bicyclic) bond motifs is 3. The fourth-order valence-electron chi connectivity index (χ4n) is 2.45. The highest BCUT2D eigenvalue weighted by Crippen LogP contribution is 2.40. The van der Waals surface area contributed by atoms with Crippen LogP contribution in [0, 0.1) is 0 Å². The van der Waals surface area contributed by atoms with Crippen LogP contribution in [0.15, 0.2) is 28.8 Å². The summed E-state index contributed by atoms with van der Waals surface area (Å²) >= 11 is 0. The molecular formula is C13H12N2O2. The summed E-state index contributed by atoms with van der Waals surface area (Å²) in [6, 6.07) is 8.02. The third kappa shape index (κ3) is 1.37. The van der Waals surface area contributed by atoms with Gasteiger partial charge in [0.1, 0.15) is 0 Å². The van der Waals surface area contributed by atoms with Crippen LogP contribution >= 0.6 is 0 Å². The highest BCUT2D eigenvalue weighted by Gasteiger charge is 2.29. The van der Waals surface area contributed by atoms with E-state index in [0.29, 0.717) is 11.7 Å². The maximum Gasteiger partial charge on any atom is 0.271 e. The molecule has 0 saturated carbocycles. The summed E-state index contributed by atoms with van der Waals surface area (Å²) in [5.41, 5.74) is 8.63. The Morgan fingerprint density at radius 3 is 3.00 bits per heavy atom. The van der Waals surface area contributed by atoms with Crippen molar-refractivity contribution in [1.29, 1.82) is 0 Å². The van der Waals surface area contributed by atoms with Gasteiger partial charge < -0.3 is 10.3 Å². The molecule has 86 valence electrons. The van der Waals surface area contributed by atoms with Crippen molar-refractivity contribution in [2.45, 2.75) is 19.3 Å². The summed E-state index contributed by atoms with van der Waals surface area (Å²) in [6.45, 7) is 2.12. The molecule has 1 atom stereocenters. The second kappa shape index (κ2) is 3.45. The largest absolute Gasteiger partial charge is 0.364 e. The Morgan fingerprint density at radius 2 is 2.24 bits per heavy atom. The van der Waals surface area contributed by atoms with E-state index in [1.165, 1.54) is 5.56 Å². The van der Waals surface area contributed by atoms with Crippen molar-refractivity contribution in [3.05, 3.63) is 41.1 Å². The number of nitrogens with two attached hydrogens (primary N) is 1. The van der Waals surface area contributed by atoms with E-state index in [4.69, 9.17) is 10.3 Å². The van der Waals surface area contributed by atoms with Crippen molar-refractivity contribution in [1.82, 2.24) is 5.16 Å². The van der Waals surface area contributed by atoms with E-state index in [1.54, 1.807) is 0 Å². The van der Waals surface area contributed by atoms with Gasteiger partial charge >= 0.3 is 0 Å². The molecule has 0 bridgehead atoms. The smallest absolute Gasteiger partial charge is 0.271 e. The van der Waals surface area contributed by atoms with Crippen LogP contribution < -0.4 is 5.73 Å². The van der Waals surface area contributed by atoms with Gasteiger partial charge in [-0.05, 0) is 17.9 Å². The number of hydrogen-bond acceptors (Lipinski definition) is 3. The summed E-state index contributed by atoms with van der Waals surface area (Å²) in [4.78, 5) is 11.3. The van der Waals surface area contributed by atoms with E-state index in [-0.39, 0.29) is 5.69 Å². The zero-order valence-electron chi connectivity index (χ0n) is 9.43. The molecule has 1 aliphatic rings. The van der Waals surface area contributed by atoms with Crippen LogP contribution in [0.3, 0.4) is 0 Å². The lowest BCUT2D eigenvalue weighted by molar-refractivity contribution is 0.0991. The minimum absolute atomic E-state index is 0.265. The molecule has 0 saturated heterocycles. The number of nitrogens with zero attached hydrogens (tertiary/aromatic N) is 1. The van der Waals surface area contributed by atoms with E-state index < -0.39 is 5.91 Å². The minimum atomic E-state index is -0.526. The van der Waals surface area contributed by atoms with E-state index in [1.807, 2.05) is 18.2 Å². The predicted octanol–water partition coefficient (Wildman–Crippen LogP) is 2.10. The number of carbonyl (C=O) groups is 1. The first kappa shape index (κ1) is 10.1. The van der Waals surface area contributed by atoms with Crippen molar-refractivity contribution in [3.63, 3.8) is 0 Å². The Bertz CT molecular complexity index is 601. The molecule has 0 fully saturated rings. The molecule has 0 unspecified atom stereocenters. The summed E-state index contributed by atoms with van der Waals surface area (Å²) in [5.74, 6) is 0.505. The number of benzene rings is 1. The van der Waals surface area contributed by atoms with Crippen molar-refractivity contribution in [2.75, 3.05) is 0 Å². The molecule has 0 aliphatic heterocycles. The minimum Gasteiger partial charge on any atom is -0.364 e. The van der Waals surface area contributed by atoms with Crippen LogP contribution in [0.5, 0.6) is 0 Å². The second-order valence-electron chi connectivity index (χ2n) is 4.40. The summed E-state index contributed by atoms with van der Waals surface area (Å²) in [6.07, 6.45) is 0.744. The summed E-state index contributed by atoms with van der Waals surface area (Å²) in [5, 5.41) is 3.78. The van der Waals surface area contributed by atoms with Gasteiger partial charge in [-0.15, -0.1) is 0 Å². The van der Waals surface area contributed by atoms with Gasteiger partial charge in [0, 0.05) is 11.1 Å². The average molecular weight is 228 g/mol. The molecule has 2 aromatic rings. The van der Waals surface area contributed by atoms with Crippen LogP contribution in [-0.2, 0) is 6.42 Å². The molecule has 1 aromatic heterocycles. The van der Waals surface area contributed by atoms with Crippen LogP contribution in [0.2, 0.25) is 0 Å². The molecule has 17 heavy (non-hydrogen) atoms. The number of primary amides is 1. The number of aromatic nitrogens is 1. The first-order valence-electron chi connectivity index (χ1n) is 5.56. The Balaban J connectivity index is 2.26. The van der Waals surface area contributed by atoms with Crippen molar-refractivity contribution >= 4 is 5.91 Å². The number of hydrogen-bond donors (Lipinski definition) is 1. The van der Waals surface area contributed by atoms with Crippen molar-refractivity contribution < 1.29 is 9.32 Å². The van der Waals surface area contributed by atoms with Gasteiger partial charge in [-0.25, -0.2) is 0 Å². The highest BCUT2D eigenvalue weighted by atomic mass is 16.5. The van der Waals surface area contributed by atoms with Crippen molar-refractivity contribution in [2.24, 2.45) is 5.73 Å². The number of rotatable bonds is 1. The lowest BCUT2D eigenvalue weighted by Crippen LogP contribution is -2.16. The zero-order chi connectivity index (χ0) is 12.0. The number of carbonyl (C=O) groups excluding carboxylic acids is 1. The van der Waals surface area contributed by atoms with Crippen molar-refractivity contribution in [3.8, 4) is 11.3 Å². The SMILES string of the molecule is C[C@@H]1Cc2c(C(N)=O)noc2-c2ccccc21. The first-order chi connectivity index (χ1) is 8.18. The molecule has 4 nitrogen and oxygen atoms in total. The van der Waals surface area contributed by atoms with Gasteiger partial charge in [0.05, 0.1) is 0 Å². The Hall–Kier alpha value is -2.10. The lowest BCUT2D eigenvalue weighted by atomic mass is 9.82. The van der Waals surface area contributed by atoms with E-state index in [9.17, 15) is 4.79 Å². The Morgan fingerprint density at radius 1 is 1.47 bits per heavy atom. The standard InChI is InChI=1S/C13H12N2O2/c1-7-6-10-11(13(14)16)15-17-12(10)9-5-3-2-4-8(7)9/h2-5,7H,6H2,1H3,(H2,14,16)/t7-/m1/s1. The van der Waals surface area contributed by atoms with Gasteiger partial charge in [0.25, 0.3) is 5.91 Å². The second-order valence-corrected chi connectivity index (χ2v) is 4.40. The first-order valence-corrected chi connectivity index (χ1v) is 5.56. The lowest BCUT2D eigenvalue weighted by Gasteiger charge is -2.20. The molecule has 1 aromatic carbocycles. The van der Waals surface area contributed by atoms with E-state index in [0.717, 1.165) is 17.5 Å². The van der Waals surface area contributed by atoms with Crippen LogP contribution in [0.25, 0.3) is 11.3 Å². The molecule has 1 heterocycles. The molecule has 3 rings (SSSR count). The van der Waals surface area contributed by atoms with Gasteiger partial charge in [-0.1, -0.05) is 36.3 Å². The Kier molecular flexibility index (Phi) is 2.04. The molecule has 2 N–H and O–H groups in total. The highest BCUT2D eigenvalue weighted by molar-refractivity contribution is 5.94. The molecule has 0 spiro atoms. The molecule has 1 amide bonds. The third-order valence-electron chi connectivity index (χ3n) is 3.27. The van der Waals surface area contributed by atoms with Gasteiger partial charge in [0.2, 0.25) is 0 Å². The Labute approximate surface area is 98.4 Å². The van der Waals surface area contributed by atoms with Crippen LogP contribution in [-0.4, -0.2) is 11.1 Å². The molecular weight excluding hydrogens is 216 g/mol. The monoisotopic (exact) mass is 228 g/mol. The molecule has 0 radical (unpaired) electrons. The maximum absolute atomic E-state index is 11.3. The molecule has 1 aliphatic carbocycles. The predicted molar refractivity (Wildman–Crippen MR) is 62.6 cm³/mol. The van der Waals surface area contributed by atoms with E-state index in [2.05, 4.69) is 18.1 Å². The third-order valence-corrected chi connectivity index (χ3v) is 3.27.